The molecule has 0 fully saturated rings. The molecule has 0 bridgehead atoms. The molecule has 6 nitrogen and oxygen atoms in total. The fraction of sp³-hybridized carbons (Fsp3) is 0.120. The van der Waals surface area contributed by atoms with Gasteiger partial charge in [0, 0.05) is 21.7 Å². The van der Waals surface area contributed by atoms with Gasteiger partial charge in [-0.05, 0) is 67.8 Å². The molecule has 1 amide bonds. The van der Waals surface area contributed by atoms with E-state index in [-0.39, 0.29) is 16.6 Å². The summed E-state index contributed by atoms with van der Waals surface area (Å²) in [6.07, 6.45) is 1.98. The molecular weight excluding hydrogens is 456 g/mol. The third-order valence-electron chi connectivity index (χ3n) is 5.04. The van der Waals surface area contributed by atoms with Crippen molar-refractivity contribution in [3.05, 3.63) is 95.9 Å². The number of carbonyl (C=O) groups excluding carboxylic acids is 1. The second-order valence-corrected chi connectivity index (χ2v) is 10.2. The summed E-state index contributed by atoms with van der Waals surface area (Å²) < 4.78 is 31.1. The van der Waals surface area contributed by atoms with Crippen molar-refractivity contribution in [3.63, 3.8) is 0 Å². The molecule has 0 spiro atoms. The highest BCUT2D eigenvalue weighted by atomic mass is 32.2. The number of oxazole rings is 1. The number of anilines is 1. The molecule has 4 aromatic rings. The number of thioether (sulfide) groups is 1. The molecule has 1 aromatic heterocycles. The summed E-state index contributed by atoms with van der Waals surface area (Å²) in [4.78, 5) is 18.3. The average molecular weight is 479 g/mol. The fourth-order valence-electron chi connectivity index (χ4n) is 3.24. The zero-order chi connectivity index (χ0) is 23.4. The summed E-state index contributed by atoms with van der Waals surface area (Å²) >= 11 is 1.60. The average Bonchev–Trinajstić information content (AvgIpc) is 3.19. The fourth-order valence-corrected chi connectivity index (χ4v) is 5.07. The predicted octanol–water partition coefficient (Wildman–Crippen LogP) is 5.60. The summed E-state index contributed by atoms with van der Waals surface area (Å²) in [6.45, 7) is 1.69. The molecule has 1 N–H and O–H groups in total. The van der Waals surface area contributed by atoms with Gasteiger partial charge in [0.25, 0.3) is 5.91 Å². The Balaban J connectivity index is 1.49. The van der Waals surface area contributed by atoms with Crippen LogP contribution >= 0.6 is 11.8 Å². The lowest BCUT2D eigenvalue weighted by atomic mass is 10.1. The number of hydrogen-bond acceptors (Lipinski definition) is 6. The summed E-state index contributed by atoms with van der Waals surface area (Å²) in [7, 11) is -3.53. The topological polar surface area (TPSA) is 89.3 Å². The normalized spacial score (nSPS) is 11.3. The third-order valence-corrected chi connectivity index (χ3v) is 7.41. The number of hydrogen-bond donors (Lipinski definition) is 1. The van der Waals surface area contributed by atoms with E-state index in [2.05, 4.69) is 10.3 Å². The minimum absolute atomic E-state index is 0.224. The van der Waals surface area contributed by atoms with Crippen LogP contribution in [0.1, 0.15) is 21.8 Å². The van der Waals surface area contributed by atoms with Crippen LogP contribution in [0.2, 0.25) is 0 Å². The number of nitrogens with one attached hydrogen (secondary N) is 1. The van der Waals surface area contributed by atoms with Gasteiger partial charge in [-0.25, -0.2) is 13.4 Å². The molecule has 0 aliphatic rings. The van der Waals surface area contributed by atoms with Crippen molar-refractivity contribution in [2.24, 2.45) is 0 Å². The van der Waals surface area contributed by atoms with Gasteiger partial charge in [-0.3, -0.25) is 4.79 Å². The largest absolute Gasteiger partial charge is 0.441 e. The van der Waals surface area contributed by atoms with Gasteiger partial charge in [0.1, 0.15) is 11.5 Å². The van der Waals surface area contributed by atoms with Crippen LogP contribution in [0.3, 0.4) is 0 Å². The van der Waals surface area contributed by atoms with Crippen molar-refractivity contribution >= 4 is 33.2 Å². The molecule has 0 atom stereocenters. The van der Waals surface area contributed by atoms with Crippen molar-refractivity contribution in [1.82, 2.24) is 4.98 Å². The van der Waals surface area contributed by atoms with E-state index in [1.54, 1.807) is 73.3 Å². The number of benzene rings is 3. The van der Waals surface area contributed by atoms with Crippen molar-refractivity contribution in [2.45, 2.75) is 22.5 Å². The summed E-state index contributed by atoms with van der Waals surface area (Å²) in [5.74, 6) is 0.283. The first-order valence-corrected chi connectivity index (χ1v) is 13.0. The van der Waals surface area contributed by atoms with Gasteiger partial charge in [-0.2, -0.15) is 0 Å². The van der Waals surface area contributed by atoms with Crippen LogP contribution in [0, 0.1) is 6.92 Å². The van der Waals surface area contributed by atoms with E-state index in [0.29, 0.717) is 28.5 Å². The molecule has 33 heavy (non-hydrogen) atoms. The molecule has 3 aromatic carbocycles. The highest BCUT2D eigenvalue weighted by Crippen LogP contribution is 2.25. The zero-order valence-corrected chi connectivity index (χ0v) is 19.7. The Morgan fingerprint density at radius 2 is 1.73 bits per heavy atom. The molecular formula is C25H22N2O4S2. The molecule has 0 radical (unpaired) electrons. The van der Waals surface area contributed by atoms with Gasteiger partial charge in [0.15, 0.2) is 9.84 Å². The number of carbonyl (C=O) groups is 1. The first-order chi connectivity index (χ1) is 15.9. The van der Waals surface area contributed by atoms with Crippen LogP contribution in [0.5, 0.6) is 0 Å². The van der Waals surface area contributed by atoms with Crippen molar-refractivity contribution in [3.8, 4) is 11.5 Å². The van der Waals surface area contributed by atoms with Crippen LogP contribution in [0.15, 0.2) is 93.1 Å². The van der Waals surface area contributed by atoms with Crippen LogP contribution in [-0.2, 0) is 15.6 Å². The van der Waals surface area contributed by atoms with Gasteiger partial charge in [0.05, 0.1) is 10.6 Å². The Hall–Kier alpha value is -3.36. The number of rotatable bonds is 7. The first-order valence-electron chi connectivity index (χ1n) is 10.2. The first kappa shape index (κ1) is 22.8. The lowest BCUT2D eigenvalue weighted by Crippen LogP contribution is -2.11. The van der Waals surface area contributed by atoms with Crippen LogP contribution < -0.4 is 5.32 Å². The summed E-state index contributed by atoms with van der Waals surface area (Å²) in [6, 6.07) is 22.7. The van der Waals surface area contributed by atoms with E-state index in [9.17, 15) is 13.2 Å². The number of aromatic nitrogens is 1. The number of nitrogens with zero attached hydrogens (tertiary/aromatic N) is 1. The minimum atomic E-state index is -3.53. The summed E-state index contributed by atoms with van der Waals surface area (Å²) in [5.41, 5.74) is 2.23. The maximum absolute atomic E-state index is 12.7. The molecule has 4 rings (SSSR count). The van der Waals surface area contributed by atoms with Crippen LogP contribution in [-0.4, -0.2) is 25.6 Å². The smallest absolute Gasteiger partial charge is 0.255 e. The van der Waals surface area contributed by atoms with Crippen LogP contribution in [0.4, 0.5) is 5.69 Å². The molecule has 0 aliphatic heterocycles. The van der Waals surface area contributed by atoms with Gasteiger partial charge < -0.3 is 9.73 Å². The van der Waals surface area contributed by atoms with Gasteiger partial charge in [0.2, 0.25) is 5.89 Å². The Morgan fingerprint density at radius 3 is 2.42 bits per heavy atom. The van der Waals surface area contributed by atoms with Gasteiger partial charge in [-0.15, -0.1) is 11.8 Å². The standard InChI is InChI=1S/C25H22N2O4S2/c1-17-23(16-33(29,30)22-9-4-3-5-10-22)27-25(31-17)19-13-11-18(12-14-19)24(28)26-20-7-6-8-21(15-20)32-2/h3-15H,16H2,1-2H3,(H,26,28). The van der Waals surface area contributed by atoms with E-state index >= 15 is 0 Å². The van der Waals surface area contributed by atoms with Crippen molar-refractivity contribution < 1.29 is 17.6 Å². The maximum atomic E-state index is 12.7. The van der Waals surface area contributed by atoms with E-state index in [1.165, 1.54) is 0 Å². The second-order valence-electron chi connectivity index (χ2n) is 7.36. The monoisotopic (exact) mass is 478 g/mol. The quantitative estimate of drug-likeness (QED) is 0.348. The molecule has 0 saturated heterocycles. The minimum Gasteiger partial charge on any atom is -0.441 e. The SMILES string of the molecule is CSc1cccc(NC(=O)c2ccc(-c3nc(CS(=O)(=O)c4ccccc4)c(C)o3)cc2)c1. The molecule has 0 aliphatic carbocycles. The Bertz CT molecular complexity index is 1380. The van der Waals surface area contributed by atoms with E-state index in [4.69, 9.17) is 4.42 Å². The van der Waals surface area contributed by atoms with E-state index < -0.39 is 9.84 Å². The zero-order valence-electron chi connectivity index (χ0n) is 18.1. The van der Waals surface area contributed by atoms with E-state index in [0.717, 1.165) is 10.6 Å². The highest BCUT2D eigenvalue weighted by Gasteiger charge is 2.21. The maximum Gasteiger partial charge on any atom is 0.255 e. The lowest BCUT2D eigenvalue weighted by Gasteiger charge is -2.07. The highest BCUT2D eigenvalue weighted by molar-refractivity contribution is 7.98. The molecule has 0 saturated carbocycles. The Labute approximate surface area is 197 Å². The van der Waals surface area contributed by atoms with Crippen molar-refractivity contribution in [1.29, 1.82) is 0 Å². The summed E-state index contributed by atoms with van der Waals surface area (Å²) in [5, 5.41) is 2.89. The Morgan fingerprint density at radius 1 is 1.00 bits per heavy atom. The number of aryl methyl sites for hydroxylation is 1. The molecule has 8 heteroatoms. The van der Waals surface area contributed by atoms with Crippen LogP contribution in [0.25, 0.3) is 11.5 Å². The Kier molecular flexibility index (Phi) is 6.67. The predicted molar refractivity (Wildman–Crippen MR) is 130 cm³/mol. The van der Waals surface area contributed by atoms with E-state index in [1.807, 2.05) is 30.5 Å². The molecule has 0 unspecified atom stereocenters. The van der Waals surface area contributed by atoms with Gasteiger partial charge >= 0.3 is 0 Å². The number of amides is 1. The molecule has 1 heterocycles. The number of sulfone groups is 1. The second kappa shape index (κ2) is 9.64. The lowest BCUT2D eigenvalue weighted by molar-refractivity contribution is 0.102. The van der Waals surface area contributed by atoms with Crippen molar-refractivity contribution in [2.75, 3.05) is 11.6 Å². The molecule has 168 valence electrons. The third kappa shape index (κ3) is 5.35. The van der Waals surface area contributed by atoms with Gasteiger partial charge in [-0.1, -0.05) is 24.3 Å².